The topological polar surface area (TPSA) is 130 Å². The minimum atomic E-state index is -1.12. The second-order valence-electron chi connectivity index (χ2n) is 8.94. The normalized spacial score (nSPS) is 10.8. The zero-order valence-corrected chi connectivity index (χ0v) is 24.2. The summed E-state index contributed by atoms with van der Waals surface area (Å²) in [6.07, 6.45) is 3.00. The summed E-state index contributed by atoms with van der Waals surface area (Å²) in [6.45, 7) is 18.8. The number of aromatic nitrogens is 1. The molecule has 3 N–H and O–H groups in total. The quantitative estimate of drug-likeness (QED) is 0.417. The van der Waals surface area contributed by atoms with Gasteiger partial charge in [0.2, 0.25) is 0 Å². The van der Waals surface area contributed by atoms with Crippen molar-refractivity contribution in [3.63, 3.8) is 0 Å². The number of rotatable bonds is 11. The van der Waals surface area contributed by atoms with Crippen LogP contribution in [0.2, 0.25) is 0 Å². The summed E-state index contributed by atoms with van der Waals surface area (Å²) in [5.74, 6) is -0.837. The number of carbonyl (C=O) groups is 3. The number of carbonyl (C=O) groups excluding carboxylic acids is 3. The molecule has 36 heavy (non-hydrogen) atoms. The predicted molar refractivity (Wildman–Crippen MR) is 145 cm³/mol. The smallest absolute Gasteiger partial charge is 0.340 e. The van der Waals surface area contributed by atoms with Crippen LogP contribution in [-0.4, -0.2) is 62.3 Å². The fourth-order valence-corrected chi connectivity index (χ4v) is 2.30. The number of pyridine rings is 1. The minimum Gasteiger partial charge on any atom is -0.464 e. The third-order valence-corrected chi connectivity index (χ3v) is 3.60. The third-order valence-electron chi connectivity index (χ3n) is 3.60. The lowest BCUT2D eigenvalue weighted by molar-refractivity contribution is -0.143. The highest BCUT2D eigenvalue weighted by Gasteiger charge is 2.39. The van der Waals surface area contributed by atoms with Gasteiger partial charge in [-0.25, -0.2) is 4.79 Å². The van der Waals surface area contributed by atoms with E-state index in [0.29, 0.717) is 0 Å². The Morgan fingerprint density at radius 3 is 2.14 bits per heavy atom. The van der Waals surface area contributed by atoms with Gasteiger partial charge in [-0.05, 0) is 18.1 Å². The average Bonchev–Trinajstić information content (AvgIpc) is 2.82. The highest BCUT2D eigenvalue weighted by molar-refractivity contribution is 5.92. The maximum atomic E-state index is 12.6. The van der Waals surface area contributed by atoms with Crippen LogP contribution in [-0.2, 0) is 23.8 Å². The van der Waals surface area contributed by atoms with Crippen LogP contribution in [0.4, 0.5) is 0 Å². The first-order valence-corrected chi connectivity index (χ1v) is 12.7. The van der Waals surface area contributed by atoms with Gasteiger partial charge in [0.15, 0.2) is 6.10 Å². The predicted octanol–water partition coefficient (Wildman–Crippen LogP) is 4.39. The fourth-order valence-electron chi connectivity index (χ4n) is 2.30. The van der Waals surface area contributed by atoms with E-state index in [4.69, 9.17) is 19.9 Å². The molecule has 0 aliphatic heterocycles. The number of amides is 1. The molecule has 0 unspecified atom stereocenters. The van der Waals surface area contributed by atoms with Gasteiger partial charge in [-0.15, -0.1) is 0 Å². The van der Waals surface area contributed by atoms with Crippen LogP contribution >= 0.6 is 0 Å². The van der Waals surface area contributed by atoms with Crippen LogP contribution in [0.25, 0.3) is 0 Å². The van der Waals surface area contributed by atoms with Crippen molar-refractivity contribution in [1.82, 2.24) is 10.3 Å². The molecule has 0 bridgehead atoms. The van der Waals surface area contributed by atoms with Crippen molar-refractivity contribution in [1.29, 1.82) is 0 Å². The van der Waals surface area contributed by atoms with Gasteiger partial charge in [0.1, 0.15) is 6.61 Å². The molecule has 9 heteroatoms. The SMILES string of the molecule is CC.CC(C)C.CCC.COCC(C)(C)[C@@H](OC(=O)c1cccnc1)C(=O)NCCC(=O)OCCN. The van der Waals surface area contributed by atoms with Crippen LogP contribution in [0.15, 0.2) is 24.5 Å². The number of nitrogens with two attached hydrogens (primary N) is 1. The molecule has 1 rings (SSSR count). The van der Waals surface area contributed by atoms with E-state index < -0.39 is 29.4 Å². The Bertz CT molecular complexity index is 679. The van der Waals surface area contributed by atoms with Gasteiger partial charge >= 0.3 is 11.9 Å². The van der Waals surface area contributed by atoms with Crippen molar-refractivity contribution in [2.45, 2.75) is 81.3 Å². The maximum Gasteiger partial charge on any atom is 0.340 e. The number of hydrogen-bond donors (Lipinski definition) is 2. The molecule has 0 aromatic carbocycles. The zero-order valence-electron chi connectivity index (χ0n) is 24.2. The summed E-state index contributed by atoms with van der Waals surface area (Å²) < 4.78 is 15.4. The van der Waals surface area contributed by atoms with E-state index in [-0.39, 0.29) is 38.3 Å². The number of nitrogens with zero attached hydrogens (tertiary/aromatic N) is 1. The molecule has 1 amide bonds. The molecule has 9 nitrogen and oxygen atoms in total. The van der Waals surface area contributed by atoms with E-state index in [1.54, 1.807) is 26.0 Å². The summed E-state index contributed by atoms with van der Waals surface area (Å²) in [4.78, 5) is 40.3. The third kappa shape index (κ3) is 20.8. The van der Waals surface area contributed by atoms with E-state index in [1.807, 2.05) is 13.8 Å². The molecule has 0 saturated carbocycles. The Labute approximate surface area is 218 Å². The summed E-state index contributed by atoms with van der Waals surface area (Å²) in [6, 6.07) is 3.14. The van der Waals surface area contributed by atoms with Crippen LogP contribution in [0.1, 0.15) is 85.5 Å². The van der Waals surface area contributed by atoms with Gasteiger partial charge in [0, 0.05) is 38.0 Å². The van der Waals surface area contributed by atoms with Crippen molar-refractivity contribution in [3.05, 3.63) is 30.1 Å². The van der Waals surface area contributed by atoms with Crippen molar-refractivity contribution >= 4 is 17.8 Å². The minimum absolute atomic E-state index is 0.0142. The van der Waals surface area contributed by atoms with Crippen molar-refractivity contribution in [3.8, 4) is 0 Å². The average molecular weight is 514 g/mol. The number of ether oxygens (including phenoxy) is 3. The Morgan fingerprint density at radius 1 is 1.14 bits per heavy atom. The van der Waals surface area contributed by atoms with Crippen molar-refractivity contribution in [2.24, 2.45) is 17.1 Å². The molecular formula is C27H51N3O6. The van der Waals surface area contributed by atoms with E-state index in [9.17, 15) is 14.4 Å². The van der Waals surface area contributed by atoms with Gasteiger partial charge < -0.3 is 25.3 Å². The number of methoxy groups -OCH3 is 1. The van der Waals surface area contributed by atoms with Crippen LogP contribution in [0.3, 0.4) is 0 Å². The maximum absolute atomic E-state index is 12.6. The second-order valence-corrected chi connectivity index (χ2v) is 8.94. The molecular weight excluding hydrogens is 462 g/mol. The molecule has 1 heterocycles. The Hall–Kier alpha value is -2.52. The lowest BCUT2D eigenvalue weighted by atomic mass is 9.86. The molecule has 0 saturated heterocycles. The molecule has 210 valence electrons. The first kappa shape index (κ1) is 38.0. The summed E-state index contributed by atoms with van der Waals surface area (Å²) >= 11 is 0. The summed E-state index contributed by atoms with van der Waals surface area (Å²) in [5, 5.41) is 2.59. The van der Waals surface area contributed by atoms with E-state index in [0.717, 1.165) is 5.92 Å². The van der Waals surface area contributed by atoms with Gasteiger partial charge in [0.05, 0.1) is 18.6 Å². The number of esters is 2. The van der Waals surface area contributed by atoms with Crippen LogP contribution in [0, 0.1) is 11.3 Å². The molecule has 1 aromatic rings. The van der Waals surface area contributed by atoms with Gasteiger partial charge in [0.25, 0.3) is 5.91 Å². The molecule has 1 aromatic heterocycles. The zero-order chi connectivity index (χ0) is 28.6. The molecule has 0 radical (unpaired) electrons. The highest BCUT2D eigenvalue weighted by atomic mass is 16.6. The summed E-state index contributed by atoms with van der Waals surface area (Å²) in [5.41, 5.74) is 4.69. The Balaban J connectivity index is -0.00000105. The van der Waals surface area contributed by atoms with E-state index in [2.05, 4.69) is 44.9 Å². The van der Waals surface area contributed by atoms with Gasteiger partial charge in [-0.2, -0.15) is 0 Å². The largest absolute Gasteiger partial charge is 0.464 e. The van der Waals surface area contributed by atoms with Crippen LogP contribution in [0.5, 0.6) is 0 Å². The van der Waals surface area contributed by atoms with Crippen molar-refractivity contribution in [2.75, 3.05) is 33.4 Å². The van der Waals surface area contributed by atoms with E-state index in [1.165, 1.54) is 25.9 Å². The summed E-state index contributed by atoms with van der Waals surface area (Å²) in [7, 11) is 1.49. The monoisotopic (exact) mass is 513 g/mol. The second kappa shape index (κ2) is 24.2. The lowest BCUT2D eigenvalue weighted by Gasteiger charge is -2.32. The van der Waals surface area contributed by atoms with Crippen LogP contribution < -0.4 is 11.1 Å². The fraction of sp³-hybridized carbons (Fsp3) is 0.704. The lowest BCUT2D eigenvalue weighted by Crippen LogP contribution is -2.49. The first-order valence-electron chi connectivity index (χ1n) is 12.7. The number of nitrogens with one attached hydrogen (secondary N) is 1. The first-order chi connectivity index (χ1) is 17.0. The molecule has 1 atom stereocenters. The Morgan fingerprint density at radius 2 is 1.69 bits per heavy atom. The Kier molecular flexibility index (Phi) is 25.5. The molecule has 0 fully saturated rings. The molecule has 0 spiro atoms. The van der Waals surface area contributed by atoms with Crippen molar-refractivity contribution < 1.29 is 28.6 Å². The molecule has 0 aliphatic carbocycles. The highest BCUT2D eigenvalue weighted by Crippen LogP contribution is 2.25. The standard InChI is InChI=1S/C18H27N3O6.C4H10.C3H8.C2H6/c1-18(2,12-25-3)15(27-17(24)13-5-4-8-20-11-13)16(23)21-9-6-14(22)26-10-7-19;1-4(2)3;1-3-2;1-2/h4-5,8,11,15H,6-7,9-10,12,19H2,1-3H3,(H,21,23);4H,1-3H3;3H2,1-2H3;1-2H3/t15-;;;/m0.../s1. The van der Waals surface area contributed by atoms with Gasteiger partial charge in [-0.3, -0.25) is 14.6 Å². The van der Waals surface area contributed by atoms with E-state index >= 15 is 0 Å². The van der Waals surface area contributed by atoms with Gasteiger partial charge in [-0.1, -0.05) is 68.7 Å². The number of hydrogen-bond acceptors (Lipinski definition) is 8. The molecule has 0 aliphatic rings.